The van der Waals surface area contributed by atoms with Crippen LogP contribution in [0.5, 0.6) is 0 Å². The predicted molar refractivity (Wildman–Crippen MR) is 108 cm³/mol. The highest BCUT2D eigenvalue weighted by atomic mass is 19.4. The van der Waals surface area contributed by atoms with Crippen molar-refractivity contribution in [3.63, 3.8) is 0 Å². The van der Waals surface area contributed by atoms with Gasteiger partial charge < -0.3 is 25.1 Å². The van der Waals surface area contributed by atoms with Crippen LogP contribution in [-0.4, -0.2) is 48.8 Å². The smallest absolute Gasteiger partial charge is 0.430 e. The number of nitrogens with zero attached hydrogens (tertiary/aromatic N) is 1. The van der Waals surface area contributed by atoms with E-state index in [2.05, 4.69) is 5.73 Å². The zero-order valence-electron chi connectivity index (χ0n) is 17.9. The fourth-order valence-corrected chi connectivity index (χ4v) is 2.57. The summed E-state index contributed by atoms with van der Waals surface area (Å²) in [5.74, 6) is -3.39. The van der Waals surface area contributed by atoms with Gasteiger partial charge in [0.25, 0.3) is 0 Å². The van der Waals surface area contributed by atoms with Gasteiger partial charge >= 0.3 is 18.2 Å². The Hall–Kier alpha value is -3.60. The minimum atomic E-state index is -5.19. The minimum Gasteiger partial charge on any atom is -0.542 e. The lowest BCUT2D eigenvalue weighted by molar-refractivity contribution is -0.377. The lowest BCUT2D eigenvalue weighted by atomic mass is 10.1. The van der Waals surface area contributed by atoms with Gasteiger partial charge in [-0.1, -0.05) is 60.7 Å². The molecule has 0 spiro atoms. The zero-order valence-corrected chi connectivity index (χ0v) is 17.9. The van der Waals surface area contributed by atoms with Gasteiger partial charge in [-0.2, -0.15) is 13.2 Å². The van der Waals surface area contributed by atoms with Crippen LogP contribution in [0.1, 0.15) is 17.5 Å². The van der Waals surface area contributed by atoms with Gasteiger partial charge in [0.05, 0.1) is 26.1 Å². The Labute approximate surface area is 188 Å². The Morgan fingerprint density at radius 1 is 1.00 bits per heavy atom. The highest BCUT2D eigenvalue weighted by molar-refractivity contribution is 5.73. The molecule has 2 aromatic carbocycles. The summed E-state index contributed by atoms with van der Waals surface area (Å²) >= 11 is 0. The molecule has 2 rings (SSSR count). The summed E-state index contributed by atoms with van der Waals surface area (Å²) in [6.45, 7) is 0.890. The number of esters is 1. The molecule has 1 atom stereocenters. The number of alkyl halides is 3. The number of hydrogen-bond donors (Lipinski definition) is 1. The van der Waals surface area contributed by atoms with E-state index in [1.807, 2.05) is 60.7 Å². The van der Waals surface area contributed by atoms with E-state index in [1.165, 1.54) is 7.11 Å². The lowest BCUT2D eigenvalue weighted by Gasteiger charge is -2.28. The topological polar surface area (TPSA) is 124 Å². The normalized spacial score (nSPS) is 11.4. The monoisotopic (exact) mass is 470 g/mol. The molecule has 0 radical (unpaired) electrons. The molecule has 2 aromatic rings. The number of halogens is 3. The number of ether oxygens (including phenoxy) is 2. The van der Waals surface area contributed by atoms with Crippen LogP contribution in [0.15, 0.2) is 60.7 Å². The van der Waals surface area contributed by atoms with Crippen LogP contribution in [-0.2, 0) is 32.2 Å². The summed E-state index contributed by atoms with van der Waals surface area (Å²) < 4.78 is 41.8. The Morgan fingerprint density at radius 2 is 1.48 bits per heavy atom. The van der Waals surface area contributed by atoms with Gasteiger partial charge in [0.15, 0.2) is 0 Å². The number of methoxy groups -OCH3 is 1. The molecule has 8 nitrogen and oxygen atoms in total. The molecule has 0 heterocycles. The fourth-order valence-electron chi connectivity index (χ4n) is 2.57. The maximum atomic E-state index is 12.7. The standard InChI is InChI=1S/C20H24N2O4.C2HF3O2/c1-25-19(23)12-18(13-21)22(14-16-8-4-2-5-9-16)20(24)26-15-17-10-6-3-7-11-17;3-2(4,5)1(6)7/h2-11,18H,12-15,21H2,1H3;(H,6,7)/t18-;/m1./s1. The largest absolute Gasteiger partial charge is 0.542 e. The number of rotatable bonds is 8. The first-order valence-corrected chi connectivity index (χ1v) is 9.74. The summed E-state index contributed by atoms with van der Waals surface area (Å²) in [7, 11) is 1.33. The third-order valence-electron chi connectivity index (χ3n) is 4.27. The summed E-state index contributed by atoms with van der Waals surface area (Å²) in [5.41, 5.74) is 5.73. The quantitative estimate of drug-likeness (QED) is 0.580. The molecular formula is C22H25F3N2O6. The fraction of sp³-hybridized carbons (Fsp3) is 0.318. The number of hydrogen-bond acceptors (Lipinski definition) is 6. The molecule has 11 heteroatoms. The number of carboxylic acid groups (broad SMARTS) is 1. The number of carboxylic acids is 1. The van der Waals surface area contributed by atoms with Crippen LogP contribution in [0.4, 0.5) is 18.0 Å². The van der Waals surface area contributed by atoms with E-state index in [9.17, 15) is 22.8 Å². The number of quaternary nitrogens is 1. The van der Waals surface area contributed by atoms with E-state index in [1.54, 1.807) is 4.90 Å². The first kappa shape index (κ1) is 27.4. The van der Waals surface area contributed by atoms with Crippen molar-refractivity contribution in [2.24, 2.45) is 0 Å². The van der Waals surface area contributed by atoms with E-state index >= 15 is 0 Å². The van der Waals surface area contributed by atoms with Crippen LogP contribution >= 0.6 is 0 Å². The maximum Gasteiger partial charge on any atom is 0.430 e. The molecule has 0 bridgehead atoms. The molecule has 0 saturated heterocycles. The van der Waals surface area contributed by atoms with Crippen LogP contribution in [0.25, 0.3) is 0 Å². The van der Waals surface area contributed by atoms with Gasteiger partial charge in [0, 0.05) is 6.54 Å². The molecule has 0 aromatic heterocycles. The average Bonchev–Trinajstić information content (AvgIpc) is 2.80. The summed E-state index contributed by atoms with van der Waals surface area (Å²) in [6.07, 6.45) is -5.59. The van der Waals surface area contributed by atoms with E-state index < -0.39 is 24.3 Å². The SMILES string of the molecule is COC(=O)C[C@H](C[NH3+])N(Cc1ccccc1)C(=O)OCc1ccccc1.O=C([O-])C(F)(F)F. The predicted octanol–water partition coefficient (Wildman–Crippen LogP) is 1.30. The Balaban J connectivity index is 0.000000675. The van der Waals surface area contributed by atoms with Crippen molar-refractivity contribution in [2.75, 3.05) is 13.7 Å². The number of aliphatic carboxylic acids is 1. The van der Waals surface area contributed by atoms with Gasteiger partial charge in [-0.3, -0.25) is 9.69 Å². The molecule has 33 heavy (non-hydrogen) atoms. The van der Waals surface area contributed by atoms with Gasteiger partial charge in [-0.25, -0.2) is 4.79 Å². The van der Waals surface area contributed by atoms with Gasteiger partial charge in [-0.15, -0.1) is 0 Å². The molecule has 0 aliphatic rings. The molecular weight excluding hydrogens is 445 g/mol. The number of amides is 1. The van der Waals surface area contributed by atoms with Crippen molar-refractivity contribution in [1.29, 1.82) is 0 Å². The first-order chi connectivity index (χ1) is 15.6. The highest BCUT2D eigenvalue weighted by Gasteiger charge is 2.29. The van der Waals surface area contributed by atoms with Crippen molar-refractivity contribution in [3.8, 4) is 0 Å². The van der Waals surface area contributed by atoms with Crippen molar-refractivity contribution < 1.29 is 47.9 Å². The van der Waals surface area contributed by atoms with Crippen molar-refractivity contribution in [3.05, 3.63) is 71.8 Å². The Bertz CT molecular complexity index is 879. The van der Waals surface area contributed by atoms with E-state index in [0.29, 0.717) is 13.1 Å². The van der Waals surface area contributed by atoms with E-state index in [0.717, 1.165) is 11.1 Å². The number of carbonyl (C=O) groups excluding carboxylic acids is 3. The van der Waals surface area contributed by atoms with E-state index in [-0.39, 0.29) is 19.0 Å². The second-order valence-corrected chi connectivity index (χ2v) is 6.66. The summed E-state index contributed by atoms with van der Waals surface area (Å²) in [4.78, 5) is 34.8. The van der Waals surface area contributed by atoms with Crippen molar-refractivity contribution in [2.45, 2.75) is 31.8 Å². The molecule has 0 saturated carbocycles. The first-order valence-electron chi connectivity index (χ1n) is 9.74. The molecule has 1 amide bonds. The molecule has 3 N–H and O–H groups in total. The second-order valence-electron chi connectivity index (χ2n) is 6.66. The minimum absolute atomic E-state index is 0.0767. The third-order valence-corrected chi connectivity index (χ3v) is 4.27. The number of benzene rings is 2. The highest BCUT2D eigenvalue weighted by Crippen LogP contribution is 2.14. The maximum absolute atomic E-state index is 12.7. The van der Waals surface area contributed by atoms with Crippen LogP contribution in [0, 0.1) is 0 Å². The Kier molecular flexibility index (Phi) is 11.4. The third kappa shape index (κ3) is 10.5. The van der Waals surface area contributed by atoms with Crippen LogP contribution in [0.2, 0.25) is 0 Å². The molecule has 0 fully saturated rings. The second kappa shape index (κ2) is 13.7. The zero-order chi connectivity index (χ0) is 24.9. The van der Waals surface area contributed by atoms with Gasteiger partial charge in [0.1, 0.15) is 12.6 Å². The van der Waals surface area contributed by atoms with Crippen molar-refractivity contribution in [1.82, 2.24) is 4.90 Å². The summed E-state index contributed by atoms with van der Waals surface area (Å²) in [6, 6.07) is 18.6. The van der Waals surface area contributed by atoms with Gasteiger partial charge in [-0.05, 0) is 11.1 Å². The van der Waals surface area contributed by atoms with Crippen LogP contribution < -0.4 is 10.8 Å². The number of carbonyl (C=O) groups is 3. The molecule has 0 aliphatic heterocycles. The Morgan fingerprint density at radius 3 is 1.91 bits per heavy atom. The molecule has 0 aliphatic carbocycles. The average molecular weight is 470 g/mol. The van der Waals surface area contributed by atoms with Crippen molar-refractivity contribution >= 4 is 18.0 Å². The van der Waals surface area contributed by atoms with Crippen LogP contribution in [0.3, 0.4) is 0 Å². The summed E-state index contributed by atoms with van der Waals surface area (Å²) in [5, 5.41) is 8.78. The van der Waals surface area contributed by atoms with Gasteiger partial charge in [0.2, 0.25) is 0 Å². The molecule has 180 valence electrons. The lowest BCUT2D eigenvalue weighted by Crippen LogP contribution is -2.61. The van der Waals surface area contributed by atoms with E-state index in [4.69, 9.17) is 19.4 Å². The molecule has 0 unspecified atom stereocenters.